The van der Waals surface area contributed by atoms with Crippen LogP contribution >= 0.6 is 0 Å². The summed E-state index contributed by atoms with van der Waals surface area (Å²) in [4.78, 5) is 14.5. The molecule has 2 aromatic rings. The predicted molar refractivity (Wildman–Crippen MR) is 87.9 cm³/mol. The highest BCUT2D eigenvalue weighted by atomic mass is 16.3. The first-order valence-electron chi connectivity index (χ1n) is 8.13. The summed E-state index contributed by atoms with van der Waals surface area (Å²) in [5.74, 6) is -0.140. The van der Waals surface area contributed by atoms with Crippen LogP contribution in [0.3, 0.4) is 0 Å². The van der Waals surface area contributed by atoms with Gasteiger partial charge >= 0.3 is 0 Å². The van der Waals surface area contributed by atoms with Gasteiger partial charge in [-0.2, -0.15) is 5.10 Å². The van der Waals surface area contributed by atoms with Gasteiger partial charge in [0, 0.05) is 12.2 Å². The number of benzene rings is 1. The van der Waals surface area contributed by atoms with Gasteiger partial charge in [0.05, 0.1) is 12.1 Å². The van der Waals surface area contributed by atoms with Gasteiger partial charge in [-0.15, -0.1) is 0 Å². The first-order chi connectivity index (χ1) is 11.1. The smallest absolute Gasteiger partial charge is 0.274 e. The second-order valence-electron chi connectivity index (χ2n) is 6.51. The molecule has 3 rings (SSSR count). The predicted octanol–water partition coefficient (Wildman–Crippen LogP) is 2.67. The third-order valence-corrected chi connectivity index (χ3v) is 4.45. The number of hydrogen-bond donors (Lipinski definition) is 2. The van der Waals surface area contributed by atoms with Crippen LogP contribution in [0, 0.1) is 6.92 Å². The van der Waals surface area contributed by atoms with Gasteiger partial charge in [0.15, 0.2) is 0 Å². The number of aliphatic hydroxyl groups is 1. The summed E-state index contributed by atoms with van der Waals surface area (Å²) < 4.78 is 0. The van der Waals surface area contributed by atoms with Gasteiger partial charge in [0.1, 0.15) is 5.69 Å². The second kappa shape index (κ2) is 6.54. The topological polar surface area (TPSA) is 69.2 Å². The van der Waals surface area contributed by atoms with E-state index in [9.17, 15) is 9.90 Å². The Morgan fingerprint density at radius 3 is 2.61 bits per heavy atom. The second-order valence-corrected chi connectivity index (χ2v) is 6.51. The quantitative estimate of drug-likeness (QED) is 0.891. The van der Waals surface area contributed by atoms with E-state index in [1.54, 1.807) is 11.0 Å². The van der Waals surface area contributed by atoms with Crippen LogP contribution in [0.4, 0.5) is 0 Å². The van der Waals surface area contributed by atoms with Crippen molar-refractivity contribution in [3.8, 4) is 0 Å². The molecular weight excluding hydrogens is 290 g/mol. The molecule has 0 spiro atoms. The molecule has 1 aliphatic rings. The zero-order chi connectivity index (χ0) is 16.3. The van der Waals surface area contributed by atoms with Gasteiger partial charge in [-0.05, 0) is 31.4 Å². The van der Waals surface area contributed by atoms with Crippen molar-refractivity contribution in [2.45, 2.75) is 44.8 Å². The molecule has 0 unspecified atom stereocenters. The first kappa shape index (κ1) is 15.7. The summed E-state index contributed by atoms with van der Waals surface area (Å²) >= 11 is 0. The maximum Gasteiger partial charge on any atom is 0.274 e. The maximum atomic E-state index is 12.8. The van der Waals surface area contributed by atoms with Gasteiger partial charge in [0.2, 0.25) is 0 Å². The Balaban J connectivity index is 1.81. The van der Waals surface area contributed by atoms with E-state index in [1.165, 1.54) is 0 Å². The van der Waals surface area contributed by atoms with Crippen LogP contribution in [0.5, 0.6) is 0 Å². The van der Waals surface area contributed by atoms with Gasteiger partial charge in [-0.3, -0.25) is 9.89 Å². The molecule has 1 aromatic carbocycles. The standard InChI is InChI=1S/C18H23N3O2/c1-14-11-16(20-19-14)17(22)21(12-15-7-3-2-4-8-15)13-18(23)9-5-6-10-18/h2-4,7-8,11,23H,5-6,9-10,12-13H2,1H3,(H,19,20). The number of H-pyrrole nitrogens is 1. The number of nitrogens with zero attached hydrogens (tertiary/aromatic N) is 2. The normalized spacial score (nSPS) is 16.4. The van der Waals surface area contributed by atoms with E-state index in [0.29, 0.717) is 18.8 Å². The van der Waals surface area contributed by atoms with Crippen LogP contribution < -0.4 is 0 Å². The van der Waals surface area contributed by atoms with Crippen LogP contribution in [0.25, 0.3) is 0 Å². The zero-order valence-electron chi connectivity index (χ0n) is 13.5. The average molecular weight is 313 g/mol. The van der Waals surface area contributed by atoms with Crippen LogP contribution in [-0.2, 0) is 6.54 Å². The van der Waals surface area contributed by atoms with E-state index in [2.05, 4.69) is 10.2 Å². The zero-order valence-corrected chi connectivity index (χ0v) is 13.5. The number of hydrogen-bond acceptors (Lipinski definition) is 3. The molecule has 122 valence electrons. The molecule has 0 radical (unpaired) electrons. The molecule has 0 bridgehead atoms. The molecule has 23 heavy (non-hydrogen) atoms. The van der Waals surface area contributed by atoms with E-state index >= 15 is 0 Å². The van der Waals surface area contributed by atoms with Crippen LogP contribution in [0.1, 0.15) is 47.4 Å². The largest absolute Gasteiger partial charge is 0.388 e. The van der Waals surface area contributed by atoms with Gasteiger partial charge in [-0.25, -0.2) is 0 Å². The lowest BCUT2D eigenvalue weighted by atomic mass is 10.0. The molecule has 0 atom stereocenters. The number of aromatic amines is 1. The van der Waals surface area contributed by atoms with Crippen molar-refractivity contribution in [1.29, 1.82) is 0 Å². The van der Waals surface area contributed by atoms with Crippen molar-refractivity contribution in [1.82, 2.24) is 15.1 Å². The van der Waals surface area contributed by atoms with E-state index in [4.69, 9.17) is 0 Å². The minimum Gasteiger partial charge on any atom is -0.388 e. The summed E-state index contributed by atoms with van der Waals surface area (Å²) in [7, 11) is 0. The van der Waals surface area contributed by atoms with Crippen molar-refractivity contribution in [3.63, 3.8) is 0 Å². The Kier molecular flexibility index (Phi) is 4.48. The molecule has 5 nitrogen and oxygen atoms in total. The van der Waals surface area contributed by atoms with E-state index < -0.39 is 5.60 Å². The fourth-order valence-corrected chi connectivity index (χ4v) is 3.24. The average Bonchev–Trinajstić information content (AvgIpc) is 3.16. The number of nitrogens with one attached hydrogen (secondary N) is 1. The Morgan fingerprint density at radius 2 is 2.00 bits per heavy atom. The van der Waals surface area contributed by atoms with Crippen LogP contribution in [0.15, 0.2) is 36.4 Å². The van der Waals surface area contributed by atoms with Crippen molar-refractivity contribution in [2.75, 3.05) is 6.54 Å². The van der Waals surface area contributed by atoms with Gasteiger partial charge in [-0.1, -0.05) is 43.2 Å². The SMILES string of the molecule is Cc1cc(C(=O)N(Cc2ccccc2)CC2(O)CCCC2)n[nH]1. The summed E-state index contributed by atoms with van der Waals surface area (Å²) in [5.41, 5.74) is 1.54. The Hall–Kier alpha value is -2.14. The van der Waals surface area contributed by atoms with Crippen molar-refractivity contribution < 1.29 is 9.90 Å². The maximum absolute atomic E-state index is 12.8. The Labute approximate surface area is 136 Å². The number of carbonyl (C=O) groups excluding carboxylic acids is 1. The number of carbonyl (C=O) groups is 1. The molecule has 1 fully saturated rings. The van der Waals surface area contributed by atoms with Crippen molar-refractivity contribution in [3.05, 3.63) is 53.3 Å². The van der Waals surface area contributed by atoms with Crippen LogP contribution in [-0.4, -0.2) is 38.3 Å². The molecule has 5 heteroatoms. The number of amides is 1. The molecule has 1 heterocycles. The molecule has 2 N–H and O–H groups in total. The number of rotatable bonds is 5. The third kappa shape index (κ3) is 3.79. The van der Waals surface area contributed by atoms with E-state index in [0.717, 1.165) is 36.9 Å². The first-order valence-corrected chi connectivity index (χ1v) is 8.13. The minimum absolute atomic E-state index is 0.140. The summed E-state index contributed by atoms with van der Waals surface area (Å²) in [6.07, 6.45) is 3.55. The van der Waals surface area contributed by atoms with E-state index in [-0.39, 0.29) is 5.91 Å². The van der Waals surface area contributed by atoms with Gasteiger partial charge < -0.3 is 10.0 Å². The molecule has 1 saturated carbocycles. The Bertz CT molecular complexity index is 660. The lowest BCUT2D eigenvalue weighted by molar-refractivity contribution is 0.00764. The fraction of sp³-hybridized carbons (Fsp3) is 0.444. The fourth-order valence-electron chi connectivity index (χ4n) is 3.24. The molecular formula is C18H23N3O2. The van der Waals surface area contributed by atoms with Crippen molar-refractivity contribution >= 4 is 5.91 Å². The van der Waals surface area contributed by atoms with Gasteiger partial charge in [0.25, 0.3) is 5.91 Å². The summed E-state index contributed by atoms with van der Waals surface area (Å²) in [5, 5.41) is 17.6. The lowest BCUT2D eigenvalue weighted by Gasteiger charge is -2.31. The van der Waals surface area contributed by atoms with Crippen LogP contribution in [0.2, 0.25) is 0 Å². The highest BCUT2D eigenvalue weighted by molar-refractivity contribution is 5.92. The Morgan fingerprint density at radius 1 is 1.30 bits per heavy atom. The number of aromatic nitrogens is 2. The summed E-state index contributed by atoms with van der Waals surface area (Å²) in [6, 6.07) is 11.6. The lowest BCUT2D eigenvalue weighted by Crippen LogP contribution is -2.44. The highest BCUT2D eigenvalue weighted by Gasteiger charge is 2.35. The third-order valence-electron chi connectivity index (χ3n) is 4.45. The minimum atomic E-state index is -0.768. The monoisotopic (exact) mass is 313 g/mol. The molecule has 0 aliphatic heterocycles. The molecule has 1 amide bonds. The molecule has 0 saturated heterocycles. The highest BCUT2D eigenvalue weighted by Crippen LogP contribution is 2.31. The molecule has 1 aromatic heterocycles. The van der Waals surface area contributed by atoms with E-state index in [1.807, 2.05) is 37.3 Å². The number of aryl methyl sites for hydroxylation is 1. The van der Waals surface area contributed by atoms with Crippen molar-refractivity contribution in [2.24, 2.45) is 0 Å². The summed E-state index contributed by atoms with van der Waals surface area (Å²) in [6.45, 7) is 2.70. The molecule has 1 aliphatic carbocycles.